The van der Waals surface area contributed by atoms with Crippen LogP contribution in [0.2, 0.25) is 0 Å². The molecule has 0 heterocycles. The first-order valence-corrected chi connectivity index (χ1v) is 10.6. The zero-order chi connectivity index (χ0) is 23.5. The summed E-state index contributed by atoms with van der Waals surface area (Å²) in [6, 6.07) is 24.0. The molecule has 170 valence electrons. The zero-order valence-electron chi connectivity index (χ0n) is 18.1. The summed E-state index contributed by atoms with van der Waals surface area (Å²) in [5, 5.41) is 10.5. The number of phenolic OH excluding ortho intramolecular Hbond substituents is 1. The lowest BCUT2D eigenvalue weighted by molar-refractivity contribution is -0.139. The van der Waals surface area contributed by atoms with Gasteiger partial charge < -0.3 is 14.6 Å². The van der Waals surface area contributed by atoms with Crippen LogP contribution in [0.3, 0.4) is 0 Å². The van der Waals surface area contributed by atoms with E-state index in [-0.39, 0.29) is 25.2 Å². The number of aryl methyl sites for hydroxylation is 1. The summed E-state index contributed by atoms with van der Waals surface area (Å²) >= 11 is 0. The molecule has 0 aliphatic rings. The summed E-state index contributed by atoms with van der Waals surface area (Å²) in [5.41, 5.74) is 4.94. The fourth-order valence-corrected chi connectivity index (χ4v) is 3.27. The van der Waals surface area contributed by atoms with E-state index in [1.165, 1.54) is 12.1 Å². The van der Waals surface area contributed by atoms with Crippen molar-refractivity contribution in [2.45, 2.75) is 31.9 Å². The minimum Gasteiger partial charge on any atom is -0.508 e. The quantitative estimate of drug-likeness (QED) is 0.385. The highest BCUT2D eigenvalue weighted by atomic mass is 16.6. The normalized spacial score (nSPS) is 11.3. The molecule has 0 spiro atoms. The number of benzene rings is 3. The summed E-state index contributed by atoms with van der Waals surface area (Å²) in [7, 11) is 0. The number of nitrogens with one attached hydrogen (secondary N) is 1. The molecule has 2 amide bonds. The molecule has 0 saturated carbocycles. The van der Waals surface area contributed by atoms with Gasteiger partial charge in [-0.1, -0.05) is 72.8 Å². The Morgan fingerprint density at radius 1 is 0.879 bits per heavy atom. The maximum atomic E-state index is 13.0. The highest BCUT2D eigenvalue weighted by Gasteiger charge is 2.26. The maximum absolute atomic E-state index is 13.0. The number of nitrogens with zero attached hydrogens (tertiary/aromatic N) is 1. The number of carbonyl (C=O) groups excluding carboxylic acids is 3. The van der Waals surface area contributed by atoms with Crippen molar-refractivity contribution in [3.63, 3.8) is 0 Å². The van der Waals surface area contributed by atoms with Crippen molar-refractivity contribution in [1.82, 2.24) is 10.4 Å². The van der Waals surface area contributed by atoms with Gasteiger partial charge >= 0.3 is 6.09 Å². The van der Waals surface area contributed by atoms with Gasteiger partial charge in [-0.25, -0.2) is 15.2 Å². The molecule has 7 nitrogen and oxygen atoms in total. The Bertz CT molecular complexity index is 1040. The van der Waals surface area contributed by atoms with Crippen molar-refractivity contribution in [2.24, 2.45) is 0 Å². The molecule has 3 aromatic rings. The van der Waals surface area contributed by atoms with Crippen LogP contribution in [-0.4, -0.2) is 34.4 Å². The fraction of sp³-hybridized carbons (Fsp3) is 0.192. The molecule has 1 atom stereocenters. The minimum absolute atomic E-state index is 0.0302. The standard InChI is InChI=1S/C26H26N2O5/c29-18-23(17-21-11-14-24(30)15-12-21)28(25(31)16-13-20-7-3-1-4-8-20)27-26(32)33-19-22-9-5-2-6-10-22/h1-12,14-15,18,23,30H,13,16-17,19H2,(H,27,32)/t23-/m0/s1. The van der Waals surface area contributed by atoms with Crippen LogP contribution in [-0.2, 0) is 33.8 Å². The van der Waals surface area contributed by atoms with Crippen LogP contribution in [0.1, 0.15) is 23.1 Å². The number of ether oxygens (including phenoxy) is 1. The number of hydrogen-bond donors (Lipinski definition) is 2. The number of hydrazine groups is 1. The molecule has 0 radical (unpaired) electrons. The third-order valence-corrected chi connectivity index (χ3v) is 5.03. The van der Waals surface area contributed by atoms with E-state index < -0.39 is 18.0 Å². The van der Waals surface area contributed by atoms with Crippen LogP contribution in [0.5, 0.6) is 5.75 Å². The molecule has 3 rings (SSSR count). The third kappa shape index (κ3) is 7.50. The highest BCUT2D eigenvalue weighted by Crippen LogP contribution is 2.14. The monoisotopic (exact) mass is 446 g/mol. The van der Waals surface area contributed by atoms with E-state index in [9.17, 15) is 19.5 Å². The van der Waals surface area contributed by atoms with Gasteiger partial charge in [-0.15, -0.1) is 0 Å². The SMILES string of the molecule is O=C[C@H](Cc1ccc(O)cc1)N(NC(=O)OCc1ccccc1)C(=O)CCc1ccccc1. The van der Waals surface area contributed by atoms with Crippen LogP contribution < -0.4 is 5.43 Å². The second-order valence-corrected chi connectivity index (χ2v) is 7.50. The van der Waals surface area contributed by atoms with Gasteiger partial charge in [0.15, 0.2) is 0 Å². The Balaban J connectivity index is 1.70. The van der Waals surface area contributed by atoms with Crippen LogP contribution in [0.25, 0.3) is 0 Å². The maximum Gasteiger partial charge on any atom is 0.426 e. The first-order chi connectivity index (χ1) is 16.0. The molecule has 7 heteroatoms. The van der Waals surface area contributed by atoms with E-state index in [0.29, 0.717) is 12.7 Å². The van der Waals surface area contributed by atoms with Gasteiger partial charge in [0.2, 0.25) is 5.91 Å². The molecule has 0 aromatic heterocycles. The van der Waals surface area contributed by atoms with E-state index >= 15 is 0 Å². The number of amides is 2. The Morgan fingerprint density at radius 3 is 2.09 bits per heavy atom. The summed E-state index contributed by atoms with van der Waals surface area (Å²) in [5.74, 6) is -0.314. The van der Waals surface area contributed by atoms with Crippen LogP contribution in [0.4, 0.5) is 4.79 Å². The van der Waals surface area contributed by atoms with Gasteiger partial charge in [-0.2, -0.15) is 0 Å². The van der Waals surface area contributed by atoms with E-state index in [0.717, 1.165) is 21.7 Å². The van der Waals surface area contributed by atoms with Crippen LogP contribution >= 0.6 is 0 Å². The van der Waals surface area contributed by atoms with Crippen LogP contribution in [0.15, 0.2) is 84.9 Å². The van der Waals surface area contributed by atoms with Crippen molar-refractivity contribution in [2.75, 3.05) is 0 Å². The number of rotatable bonds is 9. The second-order valence-electron chi connectivity index (χ2n) is 7.50. The molecule has 0 unspecified atom stereocenters. The van der Waals surface area contributed by atoms with Gasteiger partial charge in [0, 0.05) is 12.8 Å². The lowest BCUT2D eigenvalue weighted by atomic mass is 10.1. The average molecular weight is 447 g/mol. The first kappa shape index (κ1) is 23.5. The Morgan fingerprint density at radius 2 is 1.48 bits per heavy atom. The molecule has 0 fully saturated rings. The van der Waals surface area contributed by atoms with E-state index in [1.807, 2.05) is 60.7 Å². The second kappa shape index (κ2) is 12.0. The van der Waals surface area contributed by atoms with Gasteiger partial charge in [0.05, 0.1) is 0 Å². The number of aldehydes is 1. The smallest absolute Gasteiger partial charge is 0.426 e. The topological polar surface area (TPSA) is 95.9 Å². The lowest BCUT2D eigenvalue weighted by Crippen LogP contribution is -2.53. The molecule has 0 aliphatic heterocycles. The third-order valence-electron chi connectivity index (χ3n) is 5.03. The molecule has 0 saturated heterocycles. The summed E-state index contributed by atoms with van der Waals surface area (Å²) in [4.78, 5) is 37.4. The van der Waals surface area contributed by atoms with Gasteiger partial charge in [-0.05, 0) is 35.2 Å². The number of phenols is 1. The molecule has 0 aliphatic carbocycles. The summed E-state index contributed by atoms with van der Waals surface area (Å²) in [6.07, 6.45) is 0.513. The Kier molecular flexibility index (Phi) is 8.59. The summed E-state index contributed by atoms with van der Waals surface area (Å²) in [6.45, 7) is 0.0302. The molecule has 33 heavy (non-hydrogen) atoms. The molecular formula is C26H26N2O5. The zero-order valence-corrected chi connectivity index (χ0v) is 18.1. The highest BCUT2D eigenvalue weighted by molar-refractivity contribution is 5.82. The van der Waals surface area contributed by atoms with Crippen LogP contribution in [0, 0.1) is 0 Å². The predicted octanol–water partition coefficient (Wildman–Crippen LogP) is 3.81. The molecule has 2 N–H and O–H groups in total. The van der Waals surface area contributed by atoms with Crippen molar-refractivity contribution in [3.8, 4) is 5.75 Å². The van der Waals surface area contributed by atoms with E-state index in [1.54, 1.807) is 12.1 Å². The van der Waals surface area contributed by atoms with Gasteiger partial charge in [0.1, 0.15) is 24.7 Å². The predicted molar refractivity (Wildman–Crippen MR) is 123 cm³/mol. The number of aromatic hydroxyl groups is 1. The fourth-order valence-electron chi connectivity index (χ4n) is 3.27. The van der Waals surface area contributed by atoms with E-state index in [4.69, 9.17) is 4.74 Å². The van der Waals surface area contributed by atoms with Crippen molar-refractivity contribution >= 4 is 18.3 Å². The Labute approximate surface area is 192 Å². The number of carbonyl (C=O) groups is 3. The Hall–Kier alpha value is -4.13. The lowest BCUT2D eigenvalue weighted by Gasteiger charge is -2.28. The van der Waals surface area contributed by atoms with Crippen molar-refractivity contribution in [3.05, 3.63) is 102 Å². The molecule has 0 bridgehead atoms. The largest absolute Gasteiger partial charge is 0.508 e. The van der Waals surface area contributed by atoms with Crippen molar-refractivity contribution < 1.29 is 24.2 Å². The van der Waals surface area contributed by atoms with E-state index in [2.05, 4.69) is 5.43 Å². The number of hydrogen-bond acceptors (Lipinski definition) is 5. The minimum atomic E-state index is -0.943. The van der Waals surface area contributed by atoms with Gasteiger partial charge in [-0.3, -0.25) is 4.79 Å². The molecular weight excluding hydrogens is 420 g/mol. The molecule has 3 aromatic carbocycles. The first-order valence-electron chi connectivity index (χ1n) is 10.6. The van der Waals surface area contributed by atoms with Gasteiger partial charge in [0.25, 0.3) is 0 Å². The summed E-state index contributed by atoms with van der Waals surface area (Å²) < 4.78 is 5.24. The average Bonchev–Trinajstić information content (AvgIpc) is 2.86. The van der Waals surface area contributed by atoms with Crippen molar-refractivity contribution in [1.29, 1.82) is 0 Å².